The van der Waals surface area contributed by atoms with Gasteiger partial charge >= 0.3 is 0 Å². The Bertz CT molecular complexity index is 1400. The topological polar surface area (TPSA) is 67.4 Å². The fourth-order valence-corrected chi connectivity index (χ4v) is 4.52. The lowest BCUT2D eigenvalue weighted by Crippen LogP contribution is -2.47. The van der Waals surface area contributed by atoms with Crippen LogP contribution in [0.25, 0.3) is 16.8 Å². The standard InChI is InChI=1S/C26H26N8/c1-31-19-23(17-30-31)22-7-8-34-24(14-22)27-18-25(34)32-9-11-33(12-10-32)26-28-15-21(16-29-26)13-20-5-3-2-4-6-20/h2-8,14-19H,9-13H2,1H3. The average molecular weight is 451 g/mol. The molecule has 1 aliphatic heterocycles. The minimum absolute atomic E-state index is 0.802. The summed E-state index contributed by atoms with van der Waals surface area (Å²) in [4.78, 5) is 18.6. The highest BCUT2D eigenvalue weighted by molar-refractivity contribution is 5.68. The first-order valence-corrected chi connectivity index (χ1v) is 11.5. The number of aryl methyl sites for hydroxylation is 1. The Morgan fingerprint density at radius 3 is 2.26 bits per heavy atom. The van der Waals surface area contributed by atoms with Crippen LogP contribution in [-0.2, 0) is 13.5 Å². The van der Waals surface area contributed by atoms with Gasteiger partial charge < -0.3 is 9.80 Å². The second kappa shape index (κ2) is 8.62. The Morgan fingerprint density at radius 2 is 1.53 bits per heavy atom. The van der Waals surface area contributed by atoms with E-state index in [1.807, 2.05) is 48.8 Å². The Kier molecular flexibility index (Phi) is 5.18. The molecule has 0 N–H and O–H groups in total. The summed E-state index contributed by atoms with van der Waals surface area (Å²) in [5.41, 5.74) is 5.56. The fourth-order valence-electron chi connectivity index (χ4n) is 4.52. The van der Waals surface area contributed by atoms with Crippen molar-refractivity contribution in [3.63, 3.8) is 0 Å². The van der Waals surface area contributed by atoms with Crippen LogP contribution in [0.5, 0.6) is 0 Å². The maximum atomic E-state index is 4.66. The number of rotatable bonds is 5. The van der Waals surface area contributed by atoms with Crippen molar-refractivity contribution >= 4 is 17.4 Å². The molecule has 0 unspecified atom stereocenters. The molecule has 0 amide bonds. The van der Waals surface area contributed by atoms with Crippen LogP contribution in [0.4, 0.5) is 11.8 Å². The van der Waals surface area contributed by atoms with Crippen LogP contribution in [0.15, 0.2) is 79.6 Å². The monoisotopic (exact) mass is 450 g/mol. The third-order valence-corrected chi connectivity index (χ3v) is 6.36. The van der Waals surface area contributed by atoms with Gasteiger partial charge in [0, 0.05) is 70.0 Å². The van der Waals surface area contributed by atoms with Gasteiger partial charge in [-0.3, -0.25) is 9.08 Å². The molecule has 5 aromatic rings. The zero-order chi connectivity index (χ0) is 22.9. The Morgan fingerprint density at radius 1 is 0.765 bits per heavy atom. The zero-order valence-corrected chi connectivity index (χ0v) is 19.1. The Labute approximate surface area is 198 Å². The summed E-state index contributed by atoms with van der Waals surface area (Å²) in [6, 6.07) is 14.7. The summed E-state index contributed by atoms with van der Waals surface area (Å²) in [5.74, 6) is 1.92. The SMILES string of the molecule is Cn1cc(-c2ccn3c(N4CCN(c5ncc(Cc6ccccc6)cn5)CC4)cnc3c2)cn1. The summed E-state index contributed by atoms with van der Waals surface area (Å²) >= 11 is 0. The van der Waals surface area contributed by atoms with Gasteiger partial charge in [0.25, 0.3) is 0 Å². The van der Waals surface area contributed by atoms with E-state index in [0.29, 0.717) is 0 Å². The van der Waals surface area contributed by atoms with Gasteiger partial charge in [0.2, 0.25) is 5.95 Å². The van der Waals surface area contributed by atoms with Crippen LogP contribution in [0.3, 0.4) is 0 Å². The molecule has 0 bridgehead atoms. The van der Waals surface area contributed by atoms with Crippen molar-refractivity contribution in [2.45, 2.75) is 6.42 Å². The second-order valence-corrected chi connectivity index (χ2v) is 8.69. The number of pyridine rings is 1. The number of nitrogens with zero attached hydrogens (tertiary/aromatic N) is 8. The van der Waals surface area contributed by atoms with Gasteiger partial charge in [0.1, 0.15) is 11.5 Å². The number of imidazole rings is 1. The van der Waals surface area contributed by atoms with Gasteiger partial charge in [0.15, 0.2) is 0 Å². The van der Waals surface area contributed by atoms with Gasteiger partial charge in [-0.15, -0.1) is 0 Å². The molecule has 0 radical (unpaired) electrons. The first-order chi connectivity index (χ1) is 16.7. The van der Waals surface area contributed by atoms with Crippen molar-refractivity contribution in [3.8, 4) is 11.1 Å². The van der Waals surface area contributed by atoms with Gasteiger partial charge in [-0.25, -0.2) is 15.0 Å². The quantitative estimate of drug-likeness (QED) is 0.409. The van der Waals surface area contributed by atoms with Crippen LogP contribution in [0.1, 0.15) is 11.1 Å². The highest BCUT2D eigenvalue weighted by Gasteiger charge is 2.21. The number of anilines is 2. The van der Waals surface area contributed by atoms with Crippen LogP contribution >= 0.6 is 0 Å². The minimum atomic E-state index is 0.802. The lowest BCUT2D eigenvalue weighted by atomic mass is 10.1. The van der Waals surface area contributed by atoms with E-state index in [1.165, 1.54) is 5.56 Å². The molecule has 5 heterocycles. The number of benzene rings is 1. The van der Waals surface area contributed by atoms with Crippen LogP contribution in [0, 0.1) is 0 Å². The van der Waals surface area contributed by atoms with Gasteiger partial charge in [-0.2, -0.15) is 5.10 Å². The van der Waals surface area contributed by atoms with Crippen molar-refractivity contribution in [2.75, 3.05) is 36.0 Å². The highest BCUT2D eigenvalue weighted by atomic mass is 15.3. The summed E-state index contributed by atoms with van der Waals surface area (Å²) in [6.07, 6.45) is 12.7. The Balaban J connectivity index is 1.12. The minimum Gasteiger partial charge on any atom is -0.353 e. The summed E-state index contributed by atoms with van der Waals surface area (Å²) in [7, 11) is 1.93. The molecule has 4 aromatic heterocycles. The van der Waals surface area contributed by atoms with Gasteiger partial charge in [-0.05, 0) is 28.8 Å². The van der Waals surface area contributed by atoms with Crippen molar-refractivity contribution in [2.24, 2.45) is 7.05 Å². The van der Waals surface area contributed by atoms with Crippen molar-refractivity contribution < 1.29 is 0 Å². The smallest absolute Gasteiger partial charge is 0.225 e. The van der Waals surface area contributed by atoms with E-state index >= 15 is 0 Å². The van der Waals surface area contributed by atoms with Crippen molar-refractivity contribution in [3.05, 3.63) is 90.8 Å². The van der Waals surface area contributed by atoms with E-state index in [0.717, 1.165) is 66.7 Å². The first-order valence-electron chi connectivity index (χ1n) is 11.5. The third kappa shape index (κ3) is 3.98. The molecule has 0 saturated carbocycles. The molecule has 1 aliphatic rings. The lowest BCUT2D eigenvalue weighted by Gasteiger charge is -2.35. The predicted octanol–water partition coefficient (Wildman–Crippen LogP) is 3.44. The van der Waals surface area contributed by atoms with E-state index in [1.54, 1.807) is 0 Å². The first kappa shape index (κ1) is 20.4. The number of fused-ring (bicyclic) bond motifs is 1. The van der Waals surface area contributed by atoms with Crippen molar-refractivity contribution in [1.82, 2.24) is 29.1 Å². The number of aromatic nitrogens is 6. The van der Waals surface area contributed by atoms with Crippen LogP contribution in [0.2, 0.25) is 0 Å². The molecule has 1 saturated heterocycles. The van der Waals surface area contributed by atoms with E-state index < -0.39 is 0 Å². The molecule has 34 heavy (non-hydrogen) atoms. The molecule has 8 nitrogen and oxygen atoms in total. The second-order valence-electron chi connectivity index (χ2n) is 8.69. The van der Waals surface area contributed by atoms with E-state index in [2.05, 4.69) is 76.8 Å². The molecular formula is C26H26N8. The molecule has 0 atom stereocenters. The lowest BCUT2D eigenvalue weighted by molar-refractivity contribution is 0.632. The fraction of sp³-hybridized carbons (Fsp3) is 0.231. The van der Waals surface area contributed by atoms with Gasteiger partial charge in [-0.1, -0.05) is 30.3 Å². The molecule has 6 rings (SSSR count). The number of piperazine rings is 1. The molecular weight excluding hydrogens is 424 g/mol. The van der Waals surface area contributed by atoms with Gasteiger partial charge in [0.05, 0.1) is 12.4 Å². The predicted molar refractivity (Wildman–Crippen MR) is 133 cm³/mol. The molecule has 1 fully saturated rings. The largest absolute Gasteiger partial charge is 0.353 e. The molecule has 170 valence electrons. The molecule has 0 aliphatic carbocycles. The average Bonchev–Trinajstić information content (AvgIpc) is 3.51. The summed E-state index contributed by atoms with van der Waals surface area (Å²) < 4.78 is 3.97. The number of hydrogen-bond acceptors (Lipinski definition) is 6. The van der Waals surface area contributed by atoms with Crippen LogP contribution in [-0.4, -0.2) is 55.3 Å². The normalized spacial score (nSPS) is 14.1. The maximum Gasteiger partial charge on any atom is 0.225 e. The maximum absolute atomic E-state index is 4.66. The Hall–Kier alpha value is -4.20. The highest BCUT2D eigenvalue weighted by Crippen LogP contribution is 2.24. The summed E-state index contributed by atoms with van der Waals surface area (Å²) in [5, 5.41) is 4.27. The van der Waals surface area contributed by atoms with Crippen molar-refractivity contribution in [1.29, 1.82) is 0 Å². The molecule has 0 spiro atoms. The van der Waals surface area contributed by atoms with E-state index in [-0.39, 0.29) is 0 Å². The van der Waals surface area contributed by atoms with E-state index in [4.69, 9.17) is 0 Å². The third-order valence-electron chi connectivity index (χ3n) is 6.36. The number of hydrogen-bond donors (Lipinski definition) is 0. The van der Waals surface area contributed by atoms with E-state index in [9.17, 15) is 0 Å². The summed E-state index contributed by atoms with van der Waals surface area (Å²) in [6.45, 7) is 3.54. The molecule has 8 heteroatoms. The molecule has 1 aromatic carbocycles. The van der Waals surface area contributed by atoms with Crippen LogP contribution < -0.4 is 9.80 Å². The zero-order valence-electron chi connectivity index (χ0n) is 19.1.